The molecule has 20 atom stereocenters. The minimum Gasteiger partial charge on any atom is -0.462 e. The molecule has 5 fully saturated rings. The van der Waals surface area contributed by atoms with Gasteiger partial charge in [0.1, 0.15) is 42.0 Å². The van der Waals surface area contributed by atoms with E-state index in [-0.39, 0.29) is 30.8 Å². The Kier molecular flexibility index (Phi) is 15.9. The van der Waals surface area contributed by atoms with Crippen LogP contribution in [-0.2, 0) is 52.2 Å². The first-order chi connectivity index (χ1) is 30.0. The number of rotatable bonds is 9. The van der Waals surface area contributed by atoms with Gasteiger partial charge in [0.05, 0.1) is 49.3 Å². The van der Waals surface area contributed by atoms with Gasteiger partial charge in [0.15, 0.2) is 18.4 Å². The van der Waals surface area contributed by atoms with E-state index in [9.17, 15) is 20.1 Å². The molecule has 0 saturated carbocycles. The summed E-state index contributed by atoms with van der Waals surface area (Å²) in [5.41, 5.74) is 0.192. The Morgan fingerprint density at radius 3 is 2.37 bits per heavy atom. The maximum absolute atomic E-state index is 14.4. The molecule has 63 heavy (non-hydrogen) atoms. The SMILES string of the molecule is CC[C@H](C)C[C@H]1O[C@]2(CC[C@@H]1C)C[C@@H]1C[C@@H](C/C=C(\C)[C@@H](O[C@H]3C[C@H](OC)[C@@H](O[C@H]4C[C@H](OC)[C@@H](O)[C@H](C)O4)[C@H](C)O3)[C@@H](C)/C=C/C=C3\CO[C@@H]4[C@H](O)C(C)=C[C@@H](C(=O)O1)[C@]34O)O2. The van der Waals surface area contributed by atoms with Crippen LogP contribution in [0, 0.1) is 23.7 Å². The fraction of sp³-hybridized carbons (Fsp3) is 0.816. The van der Waals surface area contributed by atoms with E-state index >= 15 is 0 Å². The van der Waals surface area contributed by atoms with Crippen molar-refractivity contribution >= 4 is 5.97 Å². The van der Waals surface area contributed by atoms with Gasteiger partial charge in [-0.1, -0.05) is 64.5 Å². The van der Waals surface area contributed by atoms with Gasteiger partial charge in [0, 0.05) is 52.2 Å². The molecule has 1 aliphatic carbocycles. The standard InChI is InChI=1S/C49H76O14/c1-11-26(2)19-37-27(3)17-18-48(63-37)24-35-21-34(62-48)16-15-29(5)44(28(4)13-12-14-33-25-56-46-42(50)30(6)20-36(47(52)59-35)49(33,46)53)60-41-23-39(55-10)45(32(8)58-41)61-40-22-38(54-9)43(51)31(7)57-40/h12-15,20,26-28,31-32,34-46,50-51,53H,11,16-19,21-25H2,1-10H3/b13-12+,29-15+,33-14+/t26-,27-,28-,31-,32-,34+,35-,36-,37+,38-,39-,40-,41-,42+,43-,44-,45-,46+,48+,49+/m0/s1. The van der Waals surface area contributed by atoms with Crippen molar-refractivity contribution in [3.8, 4) is 0 Å². The maximum Gasteiger partial charge on any atom is 0.316 e. The molecule has 0 radical (unpaired) electrons. The predicted molar refractivity (Wildman–Crippen MR) is 232 cm³/mol. The molecular formula is C49H76O14. The van der Waals surface area contributed by atoms with Gasteiger partial charge in [-0.25, -0.2) is 0 Å². The summed E-state index contributed by atoms with van der Waals surface area (Å²) in [6.45, 7) is 16.4. The molecule has 1 spiro atoms. The van der Waals surface area contributed by atoms with E-state index in [1.165, 1.54) is 0 Å². The average Bonchev–Trinajstić information content (AvgIpc) is 3.59. The van der Waals surface area contributed by atoms with Crippen molar-refractivity contribution in [2.45, 2.75) is 210 Å². The van der Waals surface area contributed by atoms with Crippen LogP contribution >= 0.6 is 0 Å². The number of methoxy groups -OCH3 is 2. The van der Waals surface area contributed by atoms with Crippen molar-refractivity contribution in [2.75, 3.05) is 20.8 Å². The normalized spacial score (nSPS) is 48.8. The Bertz CT molecular complexity index is 1700. The molecule has 6 aliphatic heterocycles. The first-order valence-corrected chi connectivity index (χ1v) is 23.6. The molecule has 14 heteroatoms. The van der Waals surface area contributed by atoms with Crippen molar-refractivity contribution in [3.05, 3.63) is 47.1 Å². The molecular weight excluding hydrogens is 813 g/mol. The smallest absolute Gasteiger partial charge is 0.316 e. The van der Waals surface area contributed by atoms with Crippen LogP contribution in [-0.4, -0.2) is 139 Å². The van der Waals surface area contributed by atoms with Crippen LogP contribution in [0.3, 0.4) is 0 Å². The van der Waals surface area contributed by atoms with Gasteiger partial charge >= 0.3 is 5.97 Å². The summed E-state index contributed by atoms with van der Waals surface area (Å²) >= 11 is 0. The quantitative estimate of drug-likeness (QED) is 0.182. The lowest BCUT2D eigenvalue weighted by Crippen LogP contribution is -2.58. The summed E-state index contributed by atoms with van der Waals surface area (Å²) in [6, 6.07) is 0. The van der Waals surface area contributed by atoms with E-state index in [4.69, 9.17) is 47.4 Å². The summed E-state index contributed by atoms with van der Waals surface area (Å²) < 4.78 is 64.0. The van der Waals surface area contributed by atoms with Gasteiger partial charge in [-0.05, 0) is 75.5 Å². The van der Waals surface area contributed by atoms with Crippen LogP contribution in [0.2, 0.25) is 0 Å². The molecule has 14 nitrogen and oxygen atoms in total. The number of hydrogen-bond acceptors (Lipinski definition) is 14. The van der Waals surface area contributed by atoms with E-state index in [1.807, 2.05) is 19.1 Å². The summed E-state index contributed by atoms with van der Waals surface area (Å²) in [6.07, 6.45) is 7.59. The Labute approximate surface area is 374 Å². The Balaban J connectivity index is 1.17. The van der Waals surface area contributed by atoms with Crippen molar-refractivity contribution in [1.29, 1.82) is 0 Å². The third-order valence-corrected chi connectivity index (χ3v) is 15.1. The van der Waals surface area contributed by atoms with Crippen molar-refractivity contribution in [1.82, 2.24) is 0 Å². The molecule has 7 aliphatic rings. The number of carbonyl (C=O) groups excluding carboxylic acids is 1. The van der Waals surface area contributed by atoms with Gasteiger partial charge in [0.2, 0.25) is 0 Å². The van der Waals surface area contributed by atoms with E-state index in [0.717, 1.165) is 24.8 Å². The highest BCUT2D eigenvalue weighted by Crippen LogP contribution is 2.48. The minimum absolute atomic E-state index is 0.00676. The number of carbonyl (C=O) groups is 1. The molecule has 6 heterocycles. The van der Waals surface area contributed by atoms with Crippen LogP contribution in [0.15, 0.2) is 47.1 Å². The average molecular weight is 889 g/mol. The molecule has 2 bridgehead atoms. The molecule has 0 unspecified atom stereocenters. The molecule has 0 aromatic heterocycles. The number of aliphatic hydroxyl groups is 3. The van der Waals surface area contributed by atoms with Crippen molar-refractivity contribution < 1.29 is 67.5 Å². The van der Waals surface area contributed by atoms with Crippen LogP contribution in [0.25, 0.3) is 0 Å². The maximum atomic E-state index is 14.4. The van der Waals surface area contributed by atoms with Gasteiger partial charge in [0.25, 0.3) is 0 Å². The zero-order valence-corrected chi connectivity index (χ0v) is 39.2. The van der Waals surface area contributed by atoms with Crippen LogP contribution in [0.4, 0.5) is 0 Å². The Morgan fingerprint density at radius 1 is 0.921 bits per heavy atom. The Morgan fingerprint density at radius 2 is 1.63 bits per heavy atom. The number of hydrogen-bond donors (Lipinski definition) is 3. The minimum atomic E-state index is -1.82. The summed E-state index contributed by atoms with van der Waals surface area (Å²) in [5.74, 6) is -1.91. The highest BCUT2D eigenvalue weighted by molar-refractivity contribution is 5.78. The van der Waals surface area contributed by atoms with E-state index < -0.39 is 90.8 Å². The molecule has 0 aromatic carbocycles. The molecule has 356 valence electrons. The first-order valence-electron chi connectivity index (χ1n) is 23.6. The van der Waals surface area contributed by atoms with E-state index in [2.05, 4.69) is 40.7 Å². The summed E-state index contributed by atoms with van der Waals surface area (Å²) in [5, 5.41) is 34.3. The van der Waals surface area contributed by atoms with E-state index in [0.29, 0.717) is 61.5 Å². The second-order valence-electron chi connectivity index (χ2n) is 19.8. The van der Waals surface area contributed by atoms with Gasteiger partial charge in [-0.15, -0.1) is 0 Å². The second-order valence-corrected chi connectivity index (χ2v) is 19.8. The van der Waals surface area contributed by atoms with Crippen LogP contribution in [0.1, 0.15) is 113 Å². The zero-order valence-electron chi connectivity index (χ0n) is 39.2. The van der Waals surface area contributed by atoms with Gasteiger partial charge in [-0.2, -0.15) is 0 Å². The lowest BCUT2D eigenvalue weighted by molar-refractivity contribution is -0.336. The zero-order chi connectivity index (χ0) is 45.4. The topological polar surface area (TPSA) is 170 Å². The van der Waals surface area contributed by atoms with Crippen LogP contribution < -0.4 is 0 Å². The van der Waals surface area contributed by atoms with E-state index in [1.54, 1.807) is 40.2 Å². The monoisotopic (exact) mass is 889 g/mol. The highest BCUT2D eigenvalue weighted by Gasteiger charge is 2.60. The number of allylic oxidation sites excluding steroid dienone is 2. The van der Waals surface area contributed by atoms with Crippen molar-refractivity contribution in [3.63, 3.8) is 0 Å². The van der Waals surface area contributed by atoms with Gasteiger partial charge in [-0.3, -0.25) is 4.79 Å². The molecule has 3 N–H and O–H groups in total. The molecule has 0 aromatic rings. The fourth-order valence-electron chi connectivity index (χ4n) is 10.9. The fourth-order valence-corrected chi connectivity index (χ4v) is 10.9. The van der Waals surface area contributed by atoms with Crippen LogP contribution in [0.5, 0.6) is 0 Å². The lowest BCUT2D eigenvalue weighted by atomic mass is 9.71. The highest BCUT2D eigenvalue weighted by atomic mass is 16.7. The Hall–Kier alpha value is -2.05. The van der Waals surface area contributed by atoms with Crippen molar-refractivity contribution in [2.24, 2.45) is 23.7 Å². The third kappa shape index (κ3) is 10.4. The predicted octanol–water partition coefficient (Wildman–Crippen LogP) is 5.99. The number of ether oxygens (including phenoxy) is 10. The lowest BCUT2D eigenvalue weighted by Gasteiger charge is -2.50. The number of aliphatic hydroxyl groups excluding tert-OH is 2. The largest absolute Gasteiger partial charge is 0.462 e. The number of fused-ring (bicyclic) bond motifs is 2. The molecule has 7 rings (SSSR count). The molecule has 0 amide bonds. The summed E-state index contributed by atoms with van der Waals surface area (Å²) in [4.78, 5) is 14.4. The van der Waals surface area contributed by atoms with Gasteiger partial charge < -0.3 is 62.7 Å². The molecule has 5 saturated heterocycles. The second kappa shape index (κ2) is 20.4. The summed E-state index contributed by atoms with van der Waals surface area (Å²) in [7, 11) is 3.23. The third-order valence-electron chi connectivity index (χ3n) is 15.1. The number of esters is 1. The first kappa shape index (κ1) is 48.9.